The van der Waals surface area contributed by atoms with Gasteiger partial charge in [0.05, 0.1) is 0 Å². The fourth-order valence-electron chi connectivity index (χ4n) is 2.45. The van der Waals surface area contributed by atoms with Crippen molar-refractivity contribution < 1.29 is 4.39 Å². The number of benzene rings is 2. The van der Waals surface area contributed by atoms with Crippen molar-refractivity contribution in [2.45, 2.75) is 32.0 Å². The highest BCUT2D eigenvalue weighted by atomic mass is 79.9. The van der Waals surface area contributed by atoms with Crippen LogP contribution in [0.1, 0.15) is 32.6 Å². The summed E-state index contributed by atoms with van der Waals surface area (Å²) in [5.41, 5.74) is 5.76. The lowest BCUT2D eigenvalue weighted by atomic mass is 9.96. The fraction of sp³-hybridized carbons (Fsp3) is 0.294. The zero-order chi connectivity index (χ0) is 14.0. The van der Waals surface area contributed by atoms with E-state index < -0.39 is 0 Å². The van der Waals surface area contributed by atoms with Gasteiger partial charge in [0.15, 0.2) is 0 Å². The third kappa shape index (κ3) is 3.44. The molecule has 1 unspecified atom stereocenters. The standard InChI is InChI=1S/C17H18BrF/c1-11-4-6-14(7-5-11)10-16(18)17-12(2)8-15(19)9-13(17)3/h4-9,16H,10H2,1-3H3. The summed E-state index contributed by atoms with van der Waals surface area (Å²) in [5, 5.41) is 0. The molecular weight excluding hydrogens is 303 g/mol. The maximum absolute atomic E-state index is 13.3. The topological polar surface area (TPSA) is 0 Å². The van der Waals surface area contributed by atoms with Gasteiger partial charge in [-0.2, -0.15) is 0 Å². The average molecular weight is 321 g/mol. The van der Waals surface area contributed by atoms with E-state index in [1.165, 1.54) is 16.7 Å². The van der Waals surface area contributed by atoms with E-state index in [0.717, 1.165) is 17.5 Å². The van der Waals surface area contributed by atoms with E-state index in [2.05, 4.69) is 47.1 Å². The second-order valence-corrected chi connectivity index (χ2v) is 6.22. The highest BCUT2D eigenvalue weighted by Crippen LogP contribution is 2.32. The van der Waals surface area contributed by atoms with E-state index in [1.807, 2.05) is 13.8 Å². The van der Waals surface area contributed by atoms with Crippen LogP contribution < -0.4 is 0 Å². The van der Waals surface area contributed by atoms with Gasteiger partial charge in [0.25, 0.3) is 0 Å². The van der Waals surface area contributed by atoms with Crippen molar-refractivity contribution in [2.24, 2.45) is 0 Å². The van der Waals surface area contributed by atoms with E-state index in [4.69, 9.17) is 0 Å². The Hall–Kier alpha value is -1.15. The first-order valence-electron chi connectivity index (χ1n) is 6.43. The number of hydrogen-bond donors (Lipinski definition) is 0. The van der Waals surface area contributed by atoms with E-state index >= 15 is 0 Å². The normalized spacial score (nSPS) is 12.5. The molecule has 0 heterocycles. The molecule has 2 rings (SSSR count). The Bertz CT molecular complexity index is 549. The Kier molecular flexibility index (Phi) is 4.41. The molecule has 0 aliphatic carbocycles. The number of hydrogen-bond acceptors (Lipinski definition) is 0. The van der Waals surface area contributed by atoms with Crippen molar-refractivity contribution in [1.29, 1.82) is 0 Å². The monoisotopic (exact) mass is 320 g/mol. The van der Waals surface area contributed by atoms with Gasteiger partial charge in [0, 0.05) is 4.83 Å². The maximum atomic E-state index is 13.3. The van der Waals surface area contributed by atoms with Gasteiger partial charge in [0.2, 0.25) is 0 Å². The van der Waals surface area contributed by atoms with Crippen molar-refractivity contribution in [3.63, 3.8) is 0 Å². The summed E-state index contributed by atoms with van der Waals surface area (Å²) < 4.78 is 13.3. The first-order valence-corrected chi connectivity index (χ1v) is 7.35. The molecule has 0 radical (unpaired) electrons. The van der Waals surface area contributed by atoms with Gasteiger partial charge in [-0.05, 0) is 61.6 Å². The average Bonchev–Trinajstić information content (AvgIpc) is 2.30. The van der Waals surface area contributed by atoms with Crippen LogP contribution in [0.15, 0.2) is 36.4 Å². The molecular formula is C17H18BrF. The third-order valence-corrected chi connectivity index (χ3v) is 4.19. The molecule has 2 aromatic rings. The van der Waals surface area contributed by atoms with Crippen LogP contribution in [0.2, 0.25) is 0 Å². The molecule has 0 aromatic heterocycles. The molecule has 0 aliphatic rings. The van der Waals surface area contributed by atoms with Crippen molar-refractivity contribution >= 4 is 15.9 Å². The Morgan fingerprint density at radius 3 is 2.05 bits per heavy atom. The SMILES string of the molecule is Cc1ccc(CC(Br)c2c(C)cc(F)cc2C)cc1. The van der Waals surface area contributed by atoms with Crippen molar-refractivity contribution in [3.8, 4) is 0 Å². The summed E-state index contributed by atoms with van der Waals surface area (Å²) in [6, 6.07) is 11.8. The second-order valence-electron chi connectivity index (χ2n) is 5.11. The minimum atomic E-state index is -0.159. The minimum Gasteiger partial charge on any atom is -0.207 e. The molecule has 0 saturated heterocycles. The number of halogens is 2. The third-order valence-electron chi connectivity index (χ3n) is 3.41. The van der Waals surface area contributed by atoms with Crippen LogP contribution in [0.25, 0.3) is 0 Å². The first kappa shape index (κ1) is 14.3. The minimum absolute atomic E-state index is 0.159. The molecule has 1 atom stereocenters. The summed E-state index contributed by atoms with van der Waals surface area (Å²) in [4.78, 5) is 0.218. The molecule has 0 N–H and O–H groups in total. The van der Waals surface area contributed by atoms with Crippen molar-refractivity contribution in [3.05, 3.63) is 70.0 Å². The van der Waals surface area contributed by atoms with Gasteiger partial charge in [-0.15, -0.1) is 0 Å². The Labute approximate surface area is 122 Å². The molecule has 0 aliphatic heterocycles. The second kappa shape index (κ2) is 5.87. The van der Waals surface area contributed by atoms with Gasteiger partial charge in [-0.1, -0.05) is 45.8 Å². The summed E-state index contributed by atoms with van der Waals surface area (Å²) in [5.74, 6) is -0.159. The largest absolute Gasteiger partial charge is 0.207 e. The zero-order valence-corrected chi connectivity index (χ0v) is 13.1. The van der Waals surface area contributed by atoms with Gasteiger partial charge in [0.1, 0.15) is 5.82 Å². The summed E-state index contributed by atoms with van der Waals surface area (Å²) in [7, 11) is 0. The predicted molar refractivity (Wildman–Crippen MR) is 82.4 cm³/mol. The molecule has 2 aromatic carbocycles. The number of alkyl halides is 1. The molecule has 2 heteroatoms. The molecule has 0 saturated carbocycles. The molecule has 0 bridgehead atoms. The molecule has 0 fully saturated rings. The summed E-state index contributed by atoms with van der Waals surface area (Å²) in [6.07, 6.45) is 0.910. The van der Waals surface area contributed by atoms with Crippen LogP contribution in [0, 0.1) is 26.6 Å². The highest BCUT2D eigenvalue weighted by molar-refractivity contribution is 9.09. The maximum Gasteiger partial charge on any atom is 0.123 e. The van der Waals surface area contributed by atoms with Gasteiger partial charge < -0.3 is 0 Å². The number of aryl methyl sites for hydroxylation is 3. The van der Waals surface area contributed by atoms with E-state index in [0.29, 0.717) is 0 Å². The Balaban J connectivity index is 2.25. The Morgan fingerprint density at radius 2 is 1.53 bits per heavy atom. The van der Waals surface area contributed by atoms with Crippen LogP contribution in [-0.4, -0.2) is 0 Å². The van der Waals surface area contributed by atoms with Crippen molar-refractivity contribution in [2.75, 3.05) is 0 Å². The van der Waals surface area contributed by atoms with Crippen LogP contribution >= 0.6 is 15.9 Å². The highest BCUT2D eigenvalue weighted by Gasteiger charge is 2.14. The van der Waals surface area contributed by atoms with Crippen LogP contribution in [0.4, 0.5) is 4.39 Å². The zero-order valence-electron chi connectivity index (χ0n) is 11.5. The molecule has 0 amide bonds. The van der Waals surface area contributed by atoms with E-state index in [9.17, 15) is 4.39 Å². The summed E-state index contributed by atoms with van der Waals surface area (Å²) in [6.45, 7) is 6.02. The fourth-order valence-corrected chi connectivity index (χ4v) is 3.55. The lowest BCUT2D eigenvalue weighted by molar-refractivity contribution is 0.624. The predicted octanol–water partition coefficient (Wildman–Crippen LogP) is 5.43. The van der Waals surface area contributed by atoms with Gasteiger partial charge in [-0.25, -0.2) is 4.39 Å². The van der Waals surface area contributed by atoms with Gasteiger partial charge in [-0.3, -0.25) is 0 Å². The molecule has 0 nitrogen and oxygen atoms in total. The summed E-state index contributed by atoms with van der Waals surface area (Å²) >= 11 is 3.74. The van der Waals surface area contributed by atoms with Crippen LogP contribution in [0.3, 0.4) is 0 Å². The first-order chi connectivity index (χ1) is 8.97. The van der Waals surface area contributed by atoms with Gasteiger partial charge >= 0.3 is 0 Å². The smallest absolute Gasteiger partial charge is 0.123 e. The molecule has 100 valence electrons. The number of rotatable bonds is 3. The lowest BCUT2D eigenvalue weighted by Crippen LogP contribution is -2.02. The van der Waals surface area contributed by atoms with Crippen LogP contribution in [-0.2, 0) is 6.42 Å². The van der Waals surface area contributed by atoms with E-state index in [1.54, 1.807) is 12.1 Å². The van der Waals surface area contributed by atoms with Crippen molar-refractivity contribution in [1.82, 2.24) is 0 Å². The van der Waals surface area contributed by atoms with E-state index in [-0.39, 0.29) is 10.6 Å². The lowest BCUT2D eigenvalue weighted by Gasteiger charge is -2.16. The molecule has 0 spiro atoms. The van der Waals surface area contributed by atoms with Crippen LogP contribution in [0.5, 0.6) is 0 Å². The molecule has 19 heavy (non-hydrogen) atoms. The quantitative estimate of drug-likeness (QED) is 0.661. The Morgan fingerprint density at radius 1 is 1.00 bits per heavy atom.